The molecule has 0 saturated heterocycles. The van der Waals surface area contributed by atoms with Crippen LogP contribution in [0.1, 0.15) is 39.5 Å². The molecule has 0 aromatic heterocycles. The first-order valence-electron chi connectivity index (χ1n) is 9.92. The Hall–Kier alpha value is -2.83. The SMILES string of the molecule is CCc1cccc(C)c1NC(=O)c1ccc(Cl)c(S(=O)(=O)Nc2cc(C)ccc2C)c1. The van der Waals surface area contributed by atoms with Crippen molar-refractivity contribution in [2.75, 3.05) is 10.0 Å². The molecule has 0 saturated carbocycles. The first kappa shape index (κ1) is 22.8. The standard InChI is InChI=1S/C24H25ClN2O3S/c1-5-18-8-6-7-17(4)23(18)26-24(28)19-11-12-20(25)22(14-19)31(29,30)27-21-13-15(2)9-10-16(21)3/h6-14,27H,5H2,1-4H3,(H,26,28). The highest BCUT2D eigenvalue weighted by Gasteiger charge is 2.22. The number of halogens is 1. The Kier molecular flexibility index (Phi) is 6.72. The van der Waals surface area contributed by atoms with Gasteiger partial charge in [0.2, 0.25) is 0 Å². The van der Waals surface area contributed by atoms with Crippen LogP contribution in [0.4, 0.5) is 11.4 Å². The molecule has 0 fully saturated rings. The predicted molar refractivity (Wildman–Crippen MR) is 127 cm³/mol. The van der Waals surface area contributed by atoms with E-state index in [0.717, 1.165) is 34.4 Å². The van der Waals surface area contributed by atoms with Gasteiger partial charge >= 0.3 is 0 Å². The summed E-state index contributed by atoms with van der Waals surface area (Å²) < 4.78 is 28.7. The van der Waals surface area contributed by atoms with Gasteiger partial charge in [0.1, 0.15) is 4.90 Å². The highest BCUT2D eigenvalue weighted by Crippen LogP contribution is 2.28. The number of anilines is 2. The second-order valence-electron chi connectivity index (χ2n) is 7.49. The van der Waals surface area contributed by atoms with Crippen molar-refractivity contribution >= 4 is 38.9 Å². The molecule has 0 radical (unpaired) electrons. The van der Waals surface area contributed by atoms with Gasteiger partial charge in [-0.15, -0.1) is 0 Å². The number of rotatable bonds is 6. The van der Waals surface area contributed by atoms with Crippen molar-refractivity contribution < 1.29 is 13.2 Å². The van der Waals surface area contributed by atoms with Gasteiger partial charge in [0.25, 0.3) is 15.9 Å². The van der Waals surface area contributed by atoms with Crippen LogP contribution < -0.4 is 10.0 Å². The van der Waals surface area contributed by atoms with Crippen LogP contribution in [0.2, 0.25) is 5.02 Å². The predicted octanol–water partition coefficient (Wildman–Crippen LogP) is 5.88. The van der Waals surface area contributed by atoms with E-state index in [1.807, 2.05) is 58.0 Å². The Morgan fingerprint density at radius 1 is 0.968 bits per heavy atom. The van der Waals surface area contributed by atoms with Crippen molar-refractivity contribution in [3.63, 3.8) is 0 Å². The Balaban J connectivity index is 1.94. The molecule has 2 N–H and O–H groups in total. The molecule has 0 bridgehead atoms. The van der Waals surface area contributed by atoms with E-state index >= 15 is 0 Å². The van der Waals surface area contributed by atoms with Crippen LogP contribution in [0.3, 0.4) is 0 Å². The summed E-state index contributed by atoms with van der Waals surface area (Å²) >= 11 is 6.20. The van der Waals surface area contributed by atoms with E-state index < -0.39 is 15.9 Å². The summed E-state index contributed by atoms with van der Waals surface area (Å²) in [5.41, 5.74) is 5.06. The molecule has 0 atom stereocenters. The normalized spacial score (nSPS) is 11.3. The maximum Gasteiger partial charge on any atom is 0.263 e. The van der Waals surface area contributed by atoms with E-state index in [9.17, 15) is 13.2 Å². The van der Waals surface area contributed by atoms with E-state index in [1.165, 1.54) is 18.2 Å². The van der Waals surface area contributed by atoms with Crippen LogP contribution in [0, 0.1) is 20.8 Å². The number of nitrogens with one attached hydrogen (secondary N) is 2. The van der Waals surface area contributed by atoms with Crippen LogP contribution >= 0.6 is 11.6 Å². The molecule has 0 aliphatic carbocycles. The number of amides is 1. The molecule has 31 heavy (non-hydrogen) atoms. The van der Waals surface area contributed by atoms with Gasteiger partial charge in [-0.3, -0.25) is 9.52 Å². The lowest BCUT2D eigenvalue weighted by Crippen LogP contribution is -2.17. The van der Waals surface area contributed by atoms with Gasteiger partial charge < -0.3 is 5.32 Å². The number of aryl methyl sites for hydroxylation is 4. The number of hydrogen-bond acceptors (Lipinski definition) is 3. The second kappa shape index (κ2) is 9.12. The van der Waals surface area contributed by atoms with Gasteiger partial charge in [-0.2, -0.15) is 0 Å². The summed E-state index contributed by atoms with van der Waals surface area (Å²) in [5, 5.41) is 2.95. The molecule has 0 unspecified atom stereocenters. The monoisotopic (exact) mass is 456 g/mol. The van der Waals surface area contributed by atoms with E-state index in [1.54, 1.807) is 6.07 Å². The first-order chi connectivity index (χ1) is 14.6. The van der Waals surface area contributed by atoms with Gasteiger partial charge in [-0.05, 0) is 73.7 Å². The van der Waals surface area contributed by atoms with Crippen molar-refractivity contribution in [3.05, 3.63) is 87.4 Å². The van der Waals surface area contributed by atoms with Crippen molar-refractivity contribution in [2.45, 2.75) is 39.0 Å². The summed E-state index contributed by atoms with van der Waals surface area (Å²) in [6.45, 7) is 7.62. The molecule has 0 spiro atoms. The molecule has 1 amide bonds. The summed E-state index contributed by atoms with van der Waals surface area (Å²) in [7, 11) is -4.00. The summed E-state index contributed by atoms with van der Waals surface area (Å²) in [6.07, 6.45) is 0.761. The molecule has 3 aromatic carbocycles. The summed E-state index contributed by atoms with van der Waals surface area (Å²) in [5.74, 6) is -0.399. The highest BCUT2D eigenvalue weighted by atomic mass is 35.5. The number of hydrogen-bond donors (Lipinski definition) is 2. The molecule has 3 rings (SSSR count). The average Bonchev–Trinajstić information content (AvgIpc) is 2.72. The lowest BCUT2D eigenvalue weighted by atomic mass is 10.1. The third-order valence-electron chi connectivity index (χ3n) is 5.10. The maximum atomic E-state index is 13.0. The minimum absolute atomic E-state index is 0.0412. The fourth-order valence-electron chi connectivity index (χ4n) is 3.28. The second-order valence-corrected chi connectivity index (χ2v) is 9.54. The Morgan fingerprint density at radius 3 is 2.42 bits per heavy atom. The van der Waals surface area contributed by atoms with Crippen molar-refractivity contribution in [2.24, 2.45) is 0 Å². The third-order valence-corrected chi connectivity index (χ3v) is 6.95. The molecule has 0 aliphatic rings. The quantitative estimate of drug-likeness (QED) is 0.486. The molecule has 7 heteroatoms. The number of sulfonamides is 1. The number of carbonyl (C=O) groups excluding carboxylic acids is 1. The zero-order valence-corrected chi connectivity index (χ0v) is 19.5. The smallest absolute Gasteiger partial charge is 0.263 e. The minimum atomic E-state index is -4.00. The summed E-state index contributed by atoms with van der Waals surface area (Å²) in [4.78, 5) is 12.8. The fraction of sp³-hybridized carbons (Fsp3) is 0.208. The highest BCUT2D eigenvalue weighted by molar-refractivity contribution is 7.92. The fourth-order valence-corrected chi connectivity index (χ4v) is 4.93. The zero-order chi connectivity index (χ0) is 22.8. The Labute approximate surface area is 188 Å². The number of carbonyl (C=O) groups is 1. The minimum Gasteiger partial charge on any atom is -0.321 e. The van der Waals surface area contributed by atoms with Crippen molar-refractivity contribution in [1.29, 1.82) is 0 Å². The topological polar surface area (TPSA) is 75.3 Å². The largest absolute Gasteiger partial charge is 0.321 e. The van der Waals surface area contributed by atoms with E-state index in [2.05, 4.69) is 10.0 Å². The van der Waals surface area contributed by atoms with E-state index in [4.69, 9.17) is 11.6 Å². The van der Waals surface area contributed by atoms with Crippen LogP contribution in [-0.2, 0) is 16.4 Å². The molecule has 0 aliphatic heterocycles. The van der Waals surface area contributed by atoms with Gasteiger partial charge in [0, 0.05) is 11.3 Å². The van der Waals surface area contributed by atoms with Crippen LogP contribution in [0.5, 0.6) is 0 Å². The third kappa shape index (κ3) is 5.09. The van der Waals surface area contributed by atoms with Crippen LogP contribution in [0.15, 0.2) is 59.5 Å². The van der Waals surface area contributed by atoms with Crippen molar-refractivity contribution in [1.82, 2.24) is 0 Å². The van der Waals surface area contributed by atoms with Gasteiger partial charge in [-0.25, -0.2) is 8.42 Å². The molecule has 0 heterocycles. The van der Waals surface area contributed by atoms with Crippen LogP contribution in [0.25, 0.3) is 0 Å². The zero-order valence-electron chi connectivity index (χ0n) is 17.9. The number of para-hydroxylation sites is 1. The molecular formula is C24H25ClN2O3S. The van der Waals surface area contributed by atoms with Crippen molar-refractivity contribution in [3.8, 4) is 0 Å². The van der Waals surface area contributed by atoms with Gasteiger partial charge in [0.05, 0.1) is 10.7 Å². The molecule has 5 nitrogen and oxygen atoms in total. The Morgan fingerprint density at radius 2 is 1.71 bits per heavy atom. The van der Waals surface area contributed by atoms with Gasteiger partial charge in [0.15, 0.2) is 0 Å². The lowest BCUT2D eigenvalue weighted by Gasteiger charge is -2.15. The lowest BCUT2D eigenvalue weighted by molar-refractivity contribution is 0.102. The van der Waals surface area contributed by atoms with E-state index in [0.29, 0.717) is 5.69 Å². The van der Waals surface area contributed by atoms with Crippen LogP contribution in [-0.4, -0.2) is 14.3 Å². The van der Waals surface area contributed by atoms with E-state index in [-0.39, 0.29) is 15.5 Å². The average molecular weight is 457 g/mol. The number of benzene rings is 3. The molecular weight excluding hydrogens is 432 g/mol. The Bertz CT molecular complexity index is 1250. The maximum absolute atomic E-state index is 13.0. The first-order valence-corrected chi connectivity index (χ1v) is 11.8. The van der Waals surface area contributed by atoms with Gasteiger partial charge in [-0.1, -0.05) is 48.9 Å². The molecule has 3 aromatic rings. The molecule has 162 valence electrons. The summed E-state index contributed by atoms with van der Waals surface area (Å²) in [6, 6.07) is 15.5.